The van der Waals surface area contributed by atoms with Gasteiger partial charge in [0.1, 0.15) is 6.29 Å². The van der Waals surface area contributed by atoms with Crippen molar-refractivity contribution in [2.45, 2.75) is 19.8 Å². The lowest BCUT2D eigenvalue weighted by Gasteiger charge is -2.37. The highest BCUT2D eigenvalue weighted by Crippen LogP contribution is 2.12. The summed E-state index contributed by atoms with van der Waals surface area (Å²) in [5.41, 5.74) is 0. The quantitative estimate of drug-likeness (QED) is 0.693. The molecule has 144 valence electrons. The van der Waals surface area contributed by atoms with E-state index in [0.717, 1.165) is 84.6 Å². The van der Waals surface area contributed by atoms with Crippen molar-refractivity contribution in [2.24, 2.45) is 5.92 Å². The molecular formula is C18H34N4O3. The van der Waals surface area contributed by atoms with Gasteiger partial charge in [0, 0.05) is 52.4 Å². The minimum absolute atomic E-state index is 0.136. The van der Waals surface area contributed by atoms with Crippen LogP contribution >= 0.6 is 0 Å². The molecule has 2 rings (SSSR count). The summed E-state index contributed by atoms with van der Waals surface area (Å²) in [6, 6.07) is 0. The van der Waals surface area contributed by atoms with Gasteiger partial charge in [-0.1, -0.05) is 13.3 Å². The van der Waals surface area contributed by atoms with Crippen molar-refractivity contribution in [1.82, 2.24) is 19.6 Å². The van der Waals surface area contributed by atoms with Crippen LogP contribution in [0.15, 0.2) is 0 Å². The number of carbonyl (C=O) groups excluding carboxylic acids is 1. The number of carboxylic acid groups (broad SMARTS) is 1. The number of hydrogen-bond donors (Lipinski definition) is 1. The molecule has 25 heavy (non-hydrogen) atoms. The van der Waals surface area contributed by atoms with Gasteiger partial charge in [0.25, 0.3) is 0 Å². The van der Waals surface area contributed by atoms with Gasteiger partial charge in [-0.2, -0.15) is 0 Å². The van der Waals surface area contributed by atoms with Gasteiger partial charge < -0.3 is 19.7 Å². The van der Waals surface area contributed by atoms with E-state index in [-0.39, 0.29) is 6.54 Å². The number of aliphatic carboxylic acids is 1. The molecular weight excluding hydrogens is 320 g/mol. The van der Waals surface area contributed by atoms with Crippen molar-refractivity contribution >= 4 is 12.3 Å². The van der Waals surface area contributed by atoms with E-state index in [1.165, 1.54) is 0 Å². The molecule has 2 bridgehead atoms. The molecule has 2 saturated heterocycles. The Bertz CT molecular complexity index is 421. The number of fused-ring (bicyclic) bond motifs is 3. The van der Waals surface area contributed by atoms with Gasteiger partial charge in [-0.05, 0) is 25.4 Å². The van der Waals surface area contributed by atoms with Crippen molar-refractivity contribution < 1.29 is 14.7 Å². The Balaban J connectivity index is 2.07. The van der Waals surface area contributed by atoms with Crippen molar-refractivity contribution in [3.8, 4) is 0 Å². The second kappa shape index (κ2) is 10.9. The first kappa shape index (κ1) is 20.3. The lowest BCUT2D eigenvalue weighted by molar-refractivity contribution is -0.138. The van der Waals surface area contributed by atoms with Crippen LogP contribution in [-0.4, -0.2) is 115 Å². The van der Waals surface area contributed by atoms with Gasteiger partial charge in [0.15, 0.2) is 0 Å². The molecule has 0 saturated carbocycles. The molecule has 0 aromatic rings. The van der Waals surface area contributed by atoms with Crippen LogP contribution < -0.4 is 0 Å². The summed E-state index contributed by atoms with van der Waals surface area (Å²) in [4.78, 5) is 31.4. The fourth-order valence-electron chi connectivity index (χ4n) is 3.87. The minimum atomic E-state index is -0.735. The highest BCUT2D eigenvalue weighted by atomic mass is 16.4. The SMILES string of the molecule is CCC1CN2CCN(CC=O)CCCN(CC2)CCN(CC(=O)O)C1. The zero-order valence-corrected chi connectivity index (χ0v) is 15.6. The van der Waals surface area contributed by atoms with E-state index in [4.69, 9.17) is 0 Å². The molecule has 0 aliphatic carbocycles. The van der Waals surface area contributed by atoms with Crippen molar-refractivity contribution in [3.05, 3.63) is 0 Å². The van der Waals surface area contributed by atoms with Crippen LogP contribution in [-0.2, 0) is 9.59 Å². The second-order valence-electron chi connectivity index (χ2n) is 7.37. The fourth-order valence-corrected chi connectivity index (χ4v) is 3.87. The van der Waals surface area contributed by atoms with E-state index in [9.17, 15) is 14.7 Å². The predicted octanol–water partition coefficient (Wildman–Crippen LogP) is -0.0786. The first-order valence-electron chi connectivity index (χ1n) is 9.65. The third kappa shape index (κ3) is 7.40. The topological polar surface area (TPSA) is 67.3 Å². The number of carboxylic acids is 1. The van der Waals surface area contributed by atoms with E-state index in [1.807, 2.05) is 0 Å². The number of nitrogens with zero attached hydrogens (tertiary/aromatic N) is 4. The maximum atomic E-state index is 11.2. The van der Waals surface area contributed by atoms with Crippen molar-refractivity contribution in [2.75, 3.05) is 78.5 Å². The Kier molecular flexibility index (Phi) is 8.81. The van der Waals surface area contributed by atoms with Gasteiger partial charge in [-0.15, -0.1) is 0 Å². The predicted molar refractivity (Wildman–Crippen MR) is 97.9 cm³/mol. The zero-order valence-electron chi connectivity index (χ0n) is 15.6. The van der Waals surface area contributed by atoms with Crippen LogP contribution in [0.5, 0.6) is 0 Å². The monoisotopic (exact) mass is 354 g/mol. The standard InChI is InChI=1S/C18H34N4O3/c1-2-17-14-21-9-6-19(8-11-22(15-17)16-18(24)25)4-3-5-20(7-10-21)12-13-23/h13,17H,2-12,14-16H2,1H3,(H,24,25). The summed E-state index contributed by atoms with van der Waals surface area (Å²) in [6.45, 7) is 12.5. The van der Waals surface area contributed by atoms with Crippen LogP contribution in [0.4, 0.5) is 0 Å². The summed E-state index contributed by atoms with van der Waals surface area (Å²) in [5, 5.41) is 9.21. The third-order valence-electron chi connectivity index (χ3n) is 5.45. The van der Waals surface area contributed by atoms with Gasteiger partial charge in [0.05, 0.1) is 13.1 Å². The third-order valence-corrected chi connectivity index (χ3v) is 5.45. The highest BCUT2D eigenvalue weighted by Gasteiger charge is 2.23. The Morgan fingerprint density at radius 3 is 2.36 bits per heavy atom. The summed E-state index contributed by atoms with van der Waals surface area (Å²) >= 11 is 0. The molecule has 2 aliphatic rings. The van der Waals surface area contributed by atoms with E-state index in [0.29, 0.717) is 12.5 Å². The summed E-state index contributed by atoms with van der Waals surface area (Å²) in [5.74, 6) is -0.241. The van der Waals surface area contributed by atoms with Gasteiger partial charge >= 0.3 is 5.97 Å². The molecule has 3 atom stereocenters. The average Bonchev–Trinajstić information content (AvgIpc) is 2.59. The molecule has 2 fully saturated rings. The fraction of sp³-hybridized carbons (Fsp3) is 0.889. The van der Waals surface area contributed by atoms with E-state index in [2.05, 4.69) is 26.5 Å². The average molecular weight is 354 g/mol. The zero-order chi connectivity index (χ0) is 18.1. The first-order chi connectivity index (χ1) is 12.1. The number of rotatable bonds is 5. The van der Waals surface area contributed by atoms with Gasteiger partial charge in [-0.3, -0.25) is 14.6 Å². The first-order valence-corrected chi connectivity index (χ1v) is 9.65. The Morgan fingerprint density at radius 2 is 1.64 bits per heavy atom. The molecule has 7 nitrogen and oxygen atoms in total. The summed E-state index contributed by atoms with van der Waals surface area (Å²) in [7, 11) is 0. The molecule has 0 aromatic heterocycles. The molecule has 3 unspecified atom stereocenters. The van der Waals surface area contributed by atoms with Gasteiger partial charge in [0.2, 0.25) is 0 Å². The molecule has 1 N–H and O–H groups in total. The lowest BCUT2D eigenvalue weighted by atomic mass is 10.0. The summed E-state index contributed by atoms with van der Waals surface area (Å²) in [6.07, 6.45) is 3.13. The normalized spacial score (nSPS) is 30.7. The maximum Gasteiger partial charge on any atom is 0.317 e. The maximum absolute atomic E-state index is 11.2. The second-order valence-corrected chi connectivity index (χ2v) is 7.37. The van der Waals surface area contributed by atoms with E-state index < -0.39 is 5.97 Å². The Labute approximate surface area is 151 Å². The van der Waals surface area contributed by atoms with E-state index in [1.54, 1.807) is 0 Å². The molecule has 0 radical (unpaired) electrons. The summed E-state index contributed by atoms with van der Waals surface area (Å²) < 4.78 is 0. The minimum Gasteiger partial charge on any atom is -0.480 e. The van der Waals surface area contributed by atoms with Crippen molar-refractivity contribution in [3.63, 3.8) is 0 Å². The number of aldehydes is 1. The smallest absolute Gasteiger partial charge is 0.317 e. The van der Waals surface area contributed by atoms with Crippen molar-refractivity contribution in [1.29, 1.82) is 0 Å². The van der Waals surface area contributed by atoms with Gasteiger partial charge in [-0.25, -0.2) is 0 Å². The number of carbonyl (C=O) groups is 2. The van der Waals surface area contributed by atoms with Crippen LogP contribution in [0.1, 0.15) is 19.8 Å². The molecule has 2 aliphatic heterocycles. The number of hydrogen-bond acceptors (Lipinski definition) is 6. The van der Waals surface area contributed by atoms with Crippen LogP contribution in [0.25, 0.3) is 0 Å². The molecule has 2 heterocycles. The van der Waals surface area contributed by atoms with Crippen LogP contribution in [0, 0.1) is 5.92 Å². The molecule has 7 heteroatoms. The molecule has 0 aromatic carbocycles. The van der Waals surface area contributed by atoms with Crippen LogP contribution in [0.3, 0.4) is 0 Å². The highest BCUT2D eigenvalue weighted by molar-refractivity contribution is 5.69. The molecule has 0 amide bonds. The Hall–Kier alpha value is -1.02. The Morgan fingerprint density at radius 1 is 0.960 bits per heavy atom. The molecule has 0 spiro atoms. The van der Waals surface area contributed by atoms with Crippen LogP contribution in [0.2, 0.25) is 0 Å². The van der Waals surface area contributed by atoms with E-state index >= 15 is 0 Å². The lowest BCUT2D eigenvalue weighted by Crippen LogP contribution is -2.49. The largest absolute Gasteiger partial charge is 0.480 e.